The van der Waals surface area contributed by atoms with Crippen LogP contribution in [0.1, 0.15) is 28.8 Å². The predicted octanol–water partition coefficient (Wildman–Crippen LogP) is 2.24. The lowest BCUT2D eigenvalue weighted by Crippen LogP contribution is -2.17. The first-order valence-corrected chi connectivity index (χ1v) is 5.89. The van der Waals surface area contributed by atoms with Crippen LogP contribution in [0.3, 0.4) is 0 Å². The Bertz CT molecular complexity index is 403. The van der Waals surface area contributed by atoms with Crippen LogP contribution in [-0.2, 0) is 4.74 Å². The Hall–Kier alpha value is -1.61. The van der Waals surface area contributed by atoms with Crippen LogP contribution in [0.4, 0.5) is 0 Å². The SMILES string of the molecule is COC(=O)c1ccc(C=CC2CCCN2)cc1. The molecule has 3 heteroatoms. The third-order valence-corrected chi connectivity index (χ3v) is 2.95. The average molecular weight is 231 g/mol. The highest BCUT2D eigenvalue weighted by molar-refractivity contribution is 5.89. The lowest BCUT2D eigenvalue weighted by Gasteiger charge is -2.03. The van der Waals surface area contributed by atoms with Gasteiger partial charge >= 0.3 is 5.97 Å². The highest BCUT2D eigenvalue weighted by atomic mass is 16.5. The monoisotopic (exact) mass is 231 g/mol. The van der Waals surface area contributed by atoms with E-state index < -0.39 is 0 Å². The number of ether oxygens (including phenoxy) is 1. The van der Waals surface area contributed by atoms with E-state index in [-0.39, 0.29) is 5.97 Å². The Labute approximate surface area is 101 Å². The molecule has 0 spiro atoms. The summed E-state index contributed by atoms with van der Waals surface area (Å²) in [5, 5.41) is 3.40. The van der Waals surface area contributed by atoms with Gasteiger partial charge in [0.2, 0.25) is 0 Å². The van der Waals surface area contributed by atoms with Gasteiger partial charge in [-0.05, 0) is 37.1 Å². The lowest BCUT2D eigenvalue weighted by molar-refractivity contribution is 0.0601. The molecular weight excluding hydrogens is 214 g/mol. The van der Waals surface area contributed by atoms with Gasteiger partial charge in [0.05, 0.1) is 12.7 Å². The van der Waals surface area contributed by atoms with Crippen LogP contribution in [-0.4, -0.2) is 25.7 Å². The fourth-order valence-corrected chi connectivity index (χ4v) is 1.95. The van der Waals surface area contributed by atoms with Crippen LogP contribution in [0.15, 0.2) is 30.3 Å². The van der Waals surface area contributed by atoms with Crippen molar-refractivity contribution in [2.24, 2.45) is 0 Å². The van der Waals surface area contributed by atoms with Gasteiger partial charge in [0.25, 0.3) is 0 Å². The summed E-state index contributed by atoms with van der Waals surface area (Å²) in [4.78, 5) is 11.2. The zero-order valence-electron chi connectivity index (χ0n) is 9.98. The molecule has 17 heavy (non-hydrogen) atoms. The minimum Gasteiger partial charge on any atom is -0.465 e. The van der Waals surface area contributed by atoms with Gasteiger partial charge in [-0.15, -0.1) is 0 Å². The number of methoxy groups -OCH3 is 1. The number of carbonyl (C=O) groups excluding carboxylic acids is 1. The van der Waals surface area contributed by atoms with Gasteiger partial charge in [0.15, 0.2) is 0 Å². The topological polar surface area (TPSA) is 38.3 Å². The smallest absolute Gasteiger partial charge is 0.337 e. The number of hydrogen-bond acceptors (Lipinski definition) is 3. The number of esters is 1. The van der Waals surface area contributed by atoms with E-state index in [9.17, 15) is 4.79 Å². The fourth-order valence-electron chi connectivity index (χ4n) is 1.95. The molecule has 0 saturated carbocycles. The van der Waals surface area contributed by atoms with Crippen LogP contribution in [0.2, 0.25) is 0 Å². The molecule has 1 fully saturated rings. The number of hydrogen-bond donors (Lipinski definition) is 1. The van der Waals surface area contributed by atoms with Crippen molar-refractivity contribution in [2.45, 2.75) is 18.9 Å². The van der Waals surface area contributed by atoms with Gasteiger partial charge in [0.1, 0.15) is 0 Å². The minimum atomic E-state index is -0.294. The summed E-state index contributed by atoms with van der Waals surface area (Å²) in [7, 11) is 1.39. The van der Waals surface area contributed by atoms with Crippen LogP contribution < -0.4 is 5.32 Å². The molecule has 1 unspecified atom stereocenters. The molecule has 1 heterocycles. The van der Waals surface area contributed by atoms with Gasteiger partial charge in [-0.2, -0.15) is 0 Å². The summed E-state index contributed by atoms with van der Waals surface area (Å²) in [6.07, 6.45) is 6.72. The molecule has 0 radical (unpaired) electrons. The van der Waals surface area contributed by atoms with E-state index in [0.717, 1.165) is 12.1 Å². The Morgan fingerprint density at radius 2 is 2.18 bits per heavy atom. The van der Waals surface area contributed by atoms with Gasteiger partial charge < -0.3 is 10.1 Å². The molecule has 1 aromatic carbocycles. The molecule has 90 valence electrons. The number of benzene rings is 1. The number of rotatable bonds is 3. The van der Waals surface area contributed by atoms with Gasteiger partial charge in [-0.25, -0.2) is 4.79 Å². The summed E-state index contributed by atoms with van der Waals surface area (Å²) in [6.45, 7) is 1.11. The van der Waals surface area contributed by atoms with Crippen molar-refractivity contribution in [2.75, 3.05) is 13.7 Å². The number of carbonyl (C=O) groups is 1. The Morgan fingerprint density at radius 3 is 2.76 bits per heavy atom. The highest BCUT2D eigenvalue weighted by Gasteiger charge is 2.09. The zero-order chi connectivity index (χ0) is 12.1. The second-order valence-corrected chi connectivity index (χ2v) is 4.18. The molecular formula is C14H17NO2. The maximum Gasteiger partial charge on any atom is 0.337 e. The first-order valence-electron chi connectivity index (χ1n) is 5.89. The van der Waals surface area contributed by atoms with Crippen molar-refractivity contribution in [3.05, 3.63) is 41.5 Å². The van der Waals surface area contributed by atoms with E-state index in [2.05, 4.69) is 22.2 Å². The van der Waals surface area contributed by atoms with Gasteiger partial charge in [0, 0.05) is 6.04 Å². The third-order valence-electron chi connectivity index (χ3n) is 2.95. The molecule has 0 aliphatic carbocycles. The van der Waals surface area contributed by atoms with E-state index in [1.807, 2.05) is 12.1 Å². The molecule has 1 aromatic rings. The summed E-state index contributed by atoms with van der Waals surface area (Å²) in [5.41, 5.74) is 1.69. The van der Waals surface area contributed by atoms with E-state index >= 15 is 0 Å². The van der Waals surface area contributed by atoms with E-state index in [4.69, 9.17) is 0 Å². The highest BCUT2D eigenvalue weighted by Crippen LogP contribution is 2.11. The van der Waals surface area contributed by atoms with Crippen LogP contribution in [0.5, 0.6) is 0 Å². The zero-order valence-corrected chi connectivity index (χ0v) is 9.98. The van der Waals surface area contributed by atoms with E-state index in [0.29, 0.717) is 11.6 Å². The maximum atomic E-state index is 11.2. The average Bonchev–Trinajstić information content (AvgIpc) is 2.89. The summed E-state index contributed by atoms with van der Waals surface area (Å²) < 4.78 is 4.65. The molecule has 1 atom stereocenters. The van der Waals surface area contributed by atoms with Crippen molar-refractivity contribution in [1.82, 2.24) is 5.32 Å². The number of nitrogens with one attached hydrogen (secondary N) is 1. The van der Waals surface area contributed by atoms with Crippen LogP contribution in [0.25, 0.3) is 6.08 Å². The molecule has 0 bridgehead atoms. The normalized spacial score (nSPS) is 19.7. The summed E-state index contributed by atoms with van der Waals surface area (Å²) in [5.74, 6) is -0.294. The molecule has 0 amide bonds. The van der Waals surface area contributed by atoms with Crippen molar-refractivity contribution < 1.29 is 9.53 Å². The third kappa shape index (κ3) is 3.17. The Kier molecular flexibility index (Phi) is 3.94. The van der Waals surface area contributed by atoms with Gasteiger partial charge in [-0.1, -0.05) is 24.3 Å². The molecule has 1 aliphatic rings. The van der Waals surface area contributed by atoms with Crippen molar-refractivity contribution in [3.63, 3.8) is 0 Å². The molecule has 1 aliphatic heterocycles. The van der Waals surface area contributed by atoms with Crippen molar-refractivity contribution in [1.29, 1.82) is 0 Å². The summed E-state index contributed by atoms with van der Waals surface area (Å²) >= 11 is 0. The van der Waals surface area contributed by atoms with Gasteiger partial charge in [-0.3, -0.25) is 0 Å². The van der Waals surface area contributed by atoms with Crippen LogP contribution in [0, 0.1) is 0 Å². The lowest BCUT2D eigenvalue weighted by atomic mass is 10.1. The molecule has 0 aromatic heterocycles. The molecule has 2 rings (SSSR count). The molecule has 1 saturated heterocycles. The van der Waals surface area contributed by atoms with Crippen molar-refractivity contribution >= 4 is 12.0 Å². The maximum absolute atomic E-state index is 11.2. The minimum absolute atomic E-state index is 0.294. The quantitative estimate of drug-likeness (QED) is 0.811. The Morgan fingerprint density at radius 1 is 1.41 bits per heavy atom. The Balaban J connectivity index is 2.00. The predicted molar refractivity (Wildman–Crippen MR) is 67.8 cm³/mol. The first-order chi connectivity index (χ1) is 8.29. The first kappa shape index (κ1) is 11.9. The van der Waals surface area contributed by atoms with E-state index in [1.165, 1.54) is 20.0 Å². The van der Waals surface area contributed by atoms with Crippen LogP contribution >= 0.6 is 0 Å². The molecule has 1 N–H and O–H groups in total. The van der Waals surface area contributed by atoms with Crippen molar-refractivity contribution in [3.8, 4) is 0 Å². The standard InChI is InChI=1S/C14H17NO2/c1-17-14(16)12-7-4-11(5-8-12)6-9-13-3-2-10-15-13/h4-9,13,15H,2-3,10H2,1H3. The fraction of sp³-hybridized carbons (Fsp3) is 0.357. The largest absolute Gasteiger partial charge is 0.465 e. The van der Waals surface area contributed by atoms with E-state index in [1.54, 1.807) is 12.1 Å². The second-order valence-electron chi connectivity index (χ2n) is 4.18. The summed E-state index contributed by atoms with van der Waals surface area (Å²) in [6, 6.07) is 7.92. The molecule has 3 nitrogen and oxygen atoms in total. The second kappa shape index (κ2) is 5.64.